The molecule has 0 aliphatic rings. The number of methoxy groups -OCH3 is 1. The molecule has 0 unspecified atom stereocenters. The molecule has 2 heterocycles. The van der Waals surface area contributed by atoms with E-state index in [1.165, 1.54) is 18.4 Å². The minimum atomic E-state index is -0.367. The Hall–Kier alpha value is -1.95. The van der Waals surface area contributed by atoms with Gasteiger partial charge < -0.3 is 10.1 Å². The van der Waals surface area contributed by atoms with Crippen molar-refractivity contribution in [2.75, 3.05) is 12.4 Å². The standard InChI is InChI=1S/C10H9N3O2S/c1-15-9(14)8-7(3-6-16-8)13-10-11-4-2-5-12-10/h2-6H,1H3,(H,11,12,13). The molecule has 1 N–H and O–H groups in total. The molecule has 0 aliphatic carbocycles. The molecule has 0 amide bonds. The number of hydrogen-bond acceptors (Lipinski definition) is 6. The van der Waals surface area contributed by atoms with Gasteiger partial charge in [0, 0.05) is 12.4 Å². The zero-order valence-corrected chi connectivity index (χ0v) is 9.32. The van der Waals surface area contributed by atoms with Crippen LogP contribution in [0.1, 0.15) is 9.67 Å². The third-order valence-electron chi connectivity index (χ3n) is 1.85. The van der Waals surface area contributed by atoms with Gasteiger partial charge >= 0.3 is 5.97 Å². The first-order valence-electron chi connectivity index (χ1n) is 4.51. The first-order valence-corrected chi connectivity index (χ1v) is 5.39. The fourth-order valence-electron chi connectivity index (χ4n) is 1.14. The van der Waals surface area contributed by atoms with Gasteiger partial charge in [0.05, 0.1) is 12.8 Å². The third kappa shape index (κ3) is 2.17. The number of rotatable bonds is 3. The molecule has 0 spiro atoms. The normalized spacial score (nSPS) is 9.81. The van der Waals surface area contributed by atoms with Crippen LogP contribution in [-0.2, 0) is 4.74 Å². The Morgan fingerprint density at radius 1 is 1.44 bits per heavy atom. The second kappa shape index (κ2) is 4.71. The van der Waals surface area contributed by atoms with Gasteiger partial charge in [-0.05, 0) is 17.5 Å². The number of nitrogens with zero attached hydrogens (tertiary/aromatic N) is 2. The monoisotopic (exact) mass is 235 g/mol. The highest BCUT2D eigenvalue weighted by Crippen LogP contribution is 2.24. The van der Waals surface area contributed by atoms with Crippen molar-refractivity contribution in [1.82, 2.24) is 9.97 Å². The maximum absolute atomic E-state index is 11.4. The van der Waals surface area contributed by atoms with E-state index in [-0.39, 0.29) is 5.97 Å². The Balaban J connectivity index is 2.22. The molecule has 0 saturated carbocycles. The van der Waals surface area contributed by atoms with Crippen LogP contribution in [0, 0.1) is 0 Å². The first-order chi connectivity index (χ1) is 7.81. The van der Waals surface area contributed by atoms with Crippen LogP contribution in [0.3, 0.4) is 0 Å². The van der Waals surface area contributed by atoms with Crippen molar-refractivity contribution in [2.24, 2.45) is 0 Å². The molecule has 2 aromatic rings. The number of aromatic nitrogens is 2. The Labute approximate surface area is 96.1 Å². The largest absolute Gasteiger partial charge is 0.465 e. The molecule has 0 atom stereocenters. The van der Waals surface area contributed by atoms with Crippen molar-refractivity contribution < 1.29 is 9.53 Å². The van der Waals surface area contributed by atoms with Crippen molar-refractivity contribution in [3.8, 4) is 0 Å². The summed E-state index contributed by atoms with van der Waals surface area (Å²) in [7, 11) is 1.35. The summed E-state index contributed by atoms with van der Waals surface area (Å²) in [6.07, 6.45) is 3.25. The number of thiophene rings is 1. The average molecular weight is 235 g/mol. The zero-order valence-electron chi connectivity index (χ0n) is 8.51. The summed E-state index contributed by atoms with van der Waals surface area (Å²) in [6, 6.07) is 3.51. The van der Waals surface area contributed by atoms with Crippen molar-refractivity contribution in [3.05, 3.63) is 34.8 Å². The lowest BCUT2D eigenvalue weighted by molar-refractivity contribution is 0.0607. The van der Waals surface area contributed by atoms with E-state index >= 15 is 0 Å². The van der Waals surface area contributed by atoms with Crippen molar-refractivity contribution >= 4 is 28.9 Å². The molecule has 0 radical (unpaired) electrons. The summed E-state index contributed by atoms with van der Waals surface area (Å²) in [5.41, 5.74) is 0.656. The van der Waals surface area contributed by atoms with Crippen LogP contribution in [0.25, 0.3) is 0 Å². The fourth-order valence-corrected chi connectivity index (χ4v) is 1.91. The van der Waals surface area contributed by atoms with Gasteiger partial charge in [0.1, 0.15) is 4.88 Å². The smallest absolute Gasteiger partial charge is 0.350 e. The van der Waals surface area contributed by atoms with E-state index in [0.29, 0.717) is 16.5 Å². The maximum atomic E-state index is 11.4. The molecule has 82 valence electrons. The van der Waals surface area contributed by atoms with Crippen LogP contribution in [0.4, 0.5) is 11.6 Å². The number of anilines is 2. The molecule has 5 nitrogen and oxygen atoms in total. The summed E-state index contributed by atoms with van der Waals surface area (Å²) in [5, 5.41) is 4.76. The fraction of sp³-hybridized carbons (Fsp3) is 0.100. The highest BCUT2D eigenvalue weighted by molar-refractivity contribution is 7.12. The number of ether oxygens (including phenoxy) is 1. The van der Waals surface area contributed by atoms with Crippen LogP contribution in [0.5, 0.6) is 0 Å². The Morgan fingerprint density at radius 3 is 2.88 bits per heavy atom. The Bertz CT molecular complexity index is 484. The van der Waals surface area contributed by atoms with Gasteiger partial charge in [-0.15, -0.1) is 11.3 Å². The summed E-state index contributed by atoms with van der Waals surface area (Å²) >= 11 is 1.31. The summed E-state index contributed by atoms with van der Waals surface area (Å²) in [4.78, 5) is 19.9. The van der Waals surface area contributed by atoms with Crippen LogP contribution in [0.2, 0.25) is 0 Å². The number of carbonyl (C=O) groups excluding carboxylic acids is 1. The SMILES string of the molecule is COC(=O)c1sccc1Nc1ncccn1. The summed E-state index contributed by atoms with van der Waals surface area (Å²) < 4.78 is 4.66. The zero-order chi connectivity index (χ0) is 11.4. The van der Waals surface area contributed by atoms with E-state index in [4.69, 9.17) is 0 Å². The minimum Gasteiger partial charge on any atom is -0.465 e. The van der Waals surface area contributed by atoms with E-state index in [0.717, 1.165) is 0 Å². The minimum absolute atomic E-state index is 0.367. The second-order valence-electron chi connectivity index (χ2n) is 2.85. The molecule has 0 aromatic carbocycles. The summed E-state index contributed by atoms with van der Waals surface area (Å²) in [6.45, 7) is 0. The van der Waals surface area contributed by atoms with E-state index < -0.39 is 0 Å². The van der Waals surface area contributed by atoms with Crippen molar-refractivity contribution in [1.29, 1.82) is 0 Å². The number of carbonyl (C=O) groups is 1. The maximum Gasteiger partial charge on any atom is 0.350 e. The van der Waals surface area contributed by atoms with Crippen LogP contribution in [-0.4, -0.2) is 23.0 Å². The predicted molar refractivity (Wildman–Crippen MR) is 61.0 cm³/mol. The quantitative estimate of drug-likeness (QED) is 0.825. The van der Waals surface area contributed by atoms with E-state index in [9.17, 15) is 4.79 Å². The second-order valence-corrected chi connectivity index (χ2v) is 3.77. The molecule has 2 aromatic heterocycles. The van der Waals surface area contributed by atoms with Crippen LogP contribution >= 0.6 is 11.3 Å². The molecule has 0 bridgehead atoms. The number of nitrogens with one attached hydrogen (secondary N) is 1. The molecule has 6 heteroatoms. The van der Waals surface area contributed by atoms with E-state index in [2.05, 4.69) is 20.0 Å². The van der Waals surface area contributed by atoms with Gasteiger partial charge in [0.25, 0.3) is 0 Å². The molecule has 16 heavy (non-hydrogen) atoms. The topological polar surface area (TPSA) is 64.1 Å². The van der Waals surface area contributed by atoms with Gasteiger partial charge in [0.15, 0.2) is 0 Å². The van der Waals surface area contributed by atoms with Gasteiger partial charge in [-0.1, -0.05) is 0 Å². The van der Waals surface area contributed by atoms with Gasteiger partial charge in [-0.25, -0.2) is 14.8 Å². The Kier molecular flexibility index (Phi) is 3.11. The highest BCUT2D eigenvalue weighted by atomic mass is 32.1. The van der Waals surface area contributed by atoms with Crippen LogP contribution in [0.15, 0.2) is 29.9 Å². The van der Waals surface area contributed by atoms with E-state index in [1.54, 1.807) is 29.9 Å². The number of esters is 1. The highest BCUT2D eigenvalue weighted by Gasteiger charge is 2.13. The predicted octanol–water partition coefficient (Wildman–Crippen LogP) is 2.07. The van der Waals surface area contributed by atoms with Gasteiger partial charge in [0.2, 0.25) is 5.95 Å². The third-order valence-corrected chi connectivity index (χ3v) is 2.74. The average Bonchev–Trinajstić information content (AvgIpc) is 2.77. The van der Waals surface area contributed by atoms with Gasteiger partial charge in [-0.2, -0.15) is 0 Å². The molecule has 0 aliphatic heterocycles. The lowest BCUT2D eigenvalue weighted by Crippen LogP contribution is -2.03. The molecule has 0 fully saturated rings. The Morgan fingerprint density at radius 2 is 2.19 bits per heavy atom. The summed E-state index contributed by atoms with van der Waals surface area (Å²) in [5.74, 6) is 0.0829. The molecule has 2 rings (SSSR count). The lowest BCUT2D eigenvalue weighted by Gasteiger charge is -2.03. The van der Waals surface area contributed by atoms with Gasteiger partial charge in [-0.3, -0.25) is 0 Å². The van der Waals surface area contributed by atoms with Crippen molar-refractivity contribution in [3.63, 3.8) is 0 Å². The van der Waals surface area contributed by atoms with Crippen molar-refractivity contribution in [2.45, 2.75) is 0 Å². The first kappa shape index (κ1) is 10.6. The molecule has 0 saturated heterocycles. The number of hydrogen-bond donors (Lipinski definition) is 1. The molecular formula is C10H9N3O2S. The van der Waals surface area contributed by atoms with Crippen LogP contribution < -0.4 is 5.32 Å². The molecular weight excluding hydrogens is 226 g/mol. The lowest BCUT2D eigenvalue weighted by atomic mass is 10.4. The van der Waals surface area contributed by atoms with E-state index in [1.807, 2.05) is 0 Å².